The van der Waals surface area contributed by atoms with E-state index in [9.17, 15) is 9.00 Å². The van der Waals surface area contributed by atoms with E-state index >= 15 is 0 Å². The van der Waals surface area contributed by atoms with Crippen LogP contribution in [0.3, 0.4) is 0 Å². The summed E-state index contributed by atoms with van der Waals surface area (Å²) in [5.41, 5.74) is 1.15. The Morgan fingerprint density at radius 3 is 2.50 bits per heavy atom. The Bertz CT molecular complexity index is 489. The number of carbonyl (C=O) groups excluding carboxylic acids is 1. The van der Waals surface area contributed by atoms with E-state index in [0.717, 1.165) is 10.5 Å². The van der Waals surface area contributed by atoms with Gasteiger partial charge < -0.3 is 9.47 Å². The summed E-state index contributed by atoms with van der Waals surface area (Å²) in [5, 5.41) is 0. The predicted octanol–water partition coefficient (Wildman–Crippen LogP) is 2.00. The van der Waals surface area contributed by atoms with Crippen LogP contribution in [0.5, 0.6) is 0 Å². The van der Waals surface area contributed by atoms with E-state index in [2.05, 4.69) is 11.8 Å². The highest BCUT2D eigenvalue weighted by molar-refractivity contribution is 7.84. The van der Waals surface area contributed by atoms with Crippen LogP contribution in [0.25, 0.3) is 0 Å². The van der Waals surface area contributed by atoms with Crippen molar-refractivity contribution in [2.24, 2.45) is 0 Å². The highest BCUT2D eigenvalue weighted by Crippen LogP contribution is 2.19. The number of esters is 1. The molecule has 22 heavy (non-hydrogen) atoms. The van der Waals surface area contributed by atoms with Gasteiger partial charge in [0.2, 0.25) is 0 Å². The summed E-state index contributed by atoms with van der Waals surface area (Å²) < 4.78 is 21.5. The number of hydrogen-bond donors (Lipinski definition) is 0. The topological polar surface area (TPSA) is 55.8 Å². The predicted molar refractivity (Wildman–Crippen MR) is 87.3 cm³/mol. The van der Waals surface area contributed by atoms with Crippen molar-refractivity contribution in [1.29, 1.82) is 0 Å². The van der Waals surface area contributed by atoms with Crippen molar-refractivity contribution < 1.29 is 18.5 Å². The van der Waals surface area contributed by atoms with Crippen LogP contribution in [-0.4, -0.2) is 54.7 Å². The summed E-state index contributed by atoms with van der Waals surface area (Å²) in [6, 6.07) is 8.00. The molecule has 0 aliphatic rings. The quantitative estimate of drug-likeness (QED) is 0.513. The van der Waals surface area contributed by atoms with E-state index < -0.39 is 10.8 Å². The minimum absolute atomic E-state index is 0.00687. The summed E-state index contributed by atoms with van der Waals surface area (Å²) >= 11 is 0. The summed E-state index contributed by atoms with van der Waals surface area (Å²) in [7, 11) is 1.05. The largest absolute Gasteiger partial charge is 0.464 e. The van der Waals surface area contributed by atoms with Gasteiger partial charge in [0.05, 0.1) is 13.2 Å². The molecule has 5 nitrogen and oxygen atoms in total. The number of hydrogen-bond acceptors (Lipinski definition) is 5. The van der Waals surface area contributed by atoms with Crippen molar-refractivity contribution >= 4 is 16.8 Å². The van der Waals surface area contributed by atoms with E-state index in [1.807, 2.05) is 31.3 Å². The molecular weight excluding hydrogens is 302 g/mol. The molecule has 0 unspecified atom stereocenters. The molecule has 6 heteroatoms. The molecule has 0 heterocycles. The SMILES string of the molecule is CCOC(=O)COCCN(C)[C@H](C)c1ccc([S@@](C)=O)cc1. The van der Waals surface area contributed by atoms with Crippen molar-refractivity contribution in [2.75, 3.05) is 39.7 Å². The molecule has 0 aliphatic carbocycles. The Kier molecular flexibility index (Phi) is 8.30. The van der Waals surface area contributed by atoms with E-state index in [4.69, 9.17) is 9.47 Å². The first kappa shape index (κ1) is 18.8. The molecule has 0 aromatic heterocycles. The fraction of sp³-hybridized carbons (Fsp3) is 0.562. The lowest BCUT2D eigenvalue weighted by Crippen LogP contribution is -2.27. The van der Waals surface area contributed by atoms with Gasteiger partial charge in [-0.2, -0.15) is 0 Å². The zero-order chi connectivity index (χ0) is 16.5. The second-order valence-corrected chi connectivity index (χ2v) is 6.42. The van der Waals surface area contributed by atoms with Gasteiger partial charge in [0, 0.05) is 34.5 Å². The van der Waals surface area contributed by atoms with Gasteiger partial charge in [-0.25, -0.2) is 4.79 Å². The normalized spacial score (nSPS) is 13.9. The van der Waals surface area contributed by atoms with Gasteiger partial charge in [0.1, 0.15) is 6.61 Å². The lowest BCUT2D eigenvalue weighted by molar-refractivity contribution is -0.148. The molecule has 2 atom stereocenters. The maximum Gasteiger partial charge on any atom is 0.332 e. The average Bonchev–Trinajstić information content (AvgIpc) is 2.51. The van der Waals surface area contributed by atoms with Crippen molar-refractivity contribution in [3.63, 3.8) is 0 Å². The smallest absolute Gasteiger partial charge is 0.332 e. The molecule has 0 N–H and O–H groups in total. The van der Waals surface area contributed by atoms with Crippen LogP contribution in [-0.2, 0) is 25.1 Å². The summed E-state index contributed by atoms with van der Waals surface area (Å²) in [6.07, 6.45) is 1.67. The minimum Gasteiger partial charge on any atom is -0.464 e. The average molecular weight is 327 g/mol. The zero-order valence-corrected chi connectivity index (χ0v) is 14.5. The molecule has 0 bridgehead atoms. The van der Waals surface area contributed by atoms with E-state index in [-0.39, 0.29) is 18.6 Å². The minimum atomic E-state index is -0.951. The van der Waals surface area contributed by atoms with Crippen LogP contribution in [0.2, 0.25) is 0 Å². The van der Waals surface area contributed by atoms with Gasteiger partial charge in [0.15, 0.2) is 0 Å². The van der Waals surface area contributed by atoms with Crippen LogP contribution in [0.1, 0.15) is 25.5 Å². The maximum absolute atomic E-state index is 11.4. The molecule has 0 saturated carbocycles. The lowest BCUT2D eigenvalue weighted by atomic mass is 10.1. The summed E-state index contributed by atoms with van der Waals surface area (Å²) in [6.45, 7) is 5.42. The van der Waals surface area contributed by atoms with Crippen molar-refractivity contribution in [2.45, 2.75) is 24.8 Å². The molecule has 1 rings (SSSR count). The molecule has 0 aliphatic heterocycles. The fourth-order valence-electron chi connectivity index (χ4n) is 1.95. The molecule has 0 amide bonds. The van der Waals surface area contributed by atoms with Crippen LogP contribution >= 0.6 is 0 Å². The number of rotatable bonds is 9. The van der Waals surface area contributed by atoms with Gasteiger partial charge in [0.25, 0.3) is 0 Å². The first-order valence-electron chi connectivity index (χ1n) is 7.32. The Hall–Kier alpha value is -1.24. The third kappa shape index (κ3) is 6.25. The Morgan fingerprint density at radius 1 is 1.32 bits per heavy atom. The van der Waals surface area contributed by atoms with E-state index in [1.165, 1.54) is 0 Å². The lowest BCUT2D eigenvalue weighted by Gasteiger charge is -2.25. The monoisotopic (exact) mass is 327 g/mol. The second-order valence-electron chi connectivity index (χ2n) is 5.04. The Morgan fingerprint density at radius 2 is 1.95 bits per heavy atom. The van der Waals surface area contributed by atoms with Crippen molar-refractivity contribution in [1.82, 2.24) is 4.90 Å². The second kappa shape index (κ2) is 9.71. The van der Waals surface area contributed by atoms with Crippen LogP contribution in [0.15, 0.2) is 29.2 Å². The molecule has 1 aromatic carbocycles. The molecule has 0 saturated heterocycles. The summed E-state index contributed by atoms with van der Waals surface area (Å²) in [4.78, 5) is 14.1. The first-order chi connectivity index (χ1) is 10.5. The Labute approximate surface area is 135 Å². The third-order valence-electron chi connectivity index (χ3n) is 3.47. The number of benzene rings is 1. The van der Waals surface area contributed by atoms with Crippen molar-refractivity contribution in [3.8, 4) is 0 Å². The van der Waals surface area contributed by atoms with Gasteiger partial charge >= 0.3 is 5.97 Å². The highest BCUT2D eigenvalue weighted by Gasteiger charge is 2.12. The number of ether oxygens (including phenoxy) is 2. The summed E-state index contributed by atoms with van der Waals surface area (Å²) in [5.74, 6) is -0.332. The van der Waals surface area contributed by atoms with Gasteiger partial charge in [-0.1, -0.05) is 12.1 Å². The maximum atomic E-state index is 11.4. The molecule has 0 spiro atoms. The van der Waals surface area contributed by atoms with Crippen LogP contribution in [0, 0.1) is 0 Å². The number of nitrogens with zero attached hydrogens (tertiary/aromatic N) is 1. The van der Waals surface area contributed by atoms with Crippen LogP contribution in [0.4, 0.5) is 0 Å². The zero-order valence-electron chi connectivity index (χ0n) is 13.7. The van der Waals surface area contributed by atoms with E-state index in [0.29, 0.717) is 19.8 Å². The number of likely N-dealkylation sites (N-methyl/N-ethyl adjacent to an activating group) is 1. The Balaban J connectivity index is 2.39. The molecule has 0 fully saturated rings. The fourth-order valence-corrected chi connectivity index (χ4v) is 2.47. The van der Waals surface area contributed by atoms with E-state index in [1.54, 1.807) is 13.2 Å². The third-order valence-corrected chi connectivity index (χ3v) is 4.41. The molecule has 124 valence electrons. The molecule has 1 aromatic rings. The molecule has 0 radical (unpaired) electrons. The van der Waals surface area contributed by atoms with Gasteiger partial charge in [-0.3, -0.25) is 9.11 Å². The van der Waals surface area contributed by atoms with Gasteiger partial charge in [-0.05, 0) is 38.6 Å². The molecular formula is C16H25NO4S. The highest BCUT2D eigenvalue weighted by atomic mass is 32.2. The van der Waals surface area contributed by atoms with Crippen LogP contribution < -0.4 is 0 Å². The number of carbonyl (C=O) groups is 1. The standard InChI is InChI=1S/C16H25NO4S/c1-5-21-16(18)12-20-11-10-17(3)13(2)14-6-8-15(9-7-14)22(4)19/h6-9,13H,5,10-12H2,1-4H3/t13-,22-/m1/s1. The van der Waals surface area contributed by atoms with Crippen molar-refractivity contribution in [3.05, 3.63) is 29.8 Å². The van der Waals surface area contributed by atoms with Gasteiger partial charge in [-0.15, -0.1) is 0 Å². The first-order valence-corrected chi connectivity index (χ1v) is 8.88.